The molecule has 25 heavy (non-hydrogen) atoms. The van der Waals surface area contributed by atoms with Crippen LogP contribution in [0.2, 0.25) is 0 Å². The van der Waals surface area contributed by atoms with Crippen molar-refractivity contribution in [2.24, 2.45) is 5.92 Å². The monoisotopic (exact) mass is 363 g/mol. The Morgan fingerprint density at radius 1 is 0.880 bits per heavy atom. The maximum Gasteiger partial charge on any atom is 0.245 e. The molecule has 0 aliphatic carbocycles. The molecule has 0 aromatic heterocycles. The number of carbonyl (C=O) groups excluding carboxylic acids is 1. The van der Waals surface area contributed by atoms with Gasteiger partial charge < -0.3 is 19.5 Å². The Balaban J connectivity index is -0.00000170. The van der Waals surface area contributed by atoms with E-state index in [1.807, 2.05) is 13.8 Å². The minimum atomic E-state index is -0.0508. The number of rotatable bonds is 17. The Morgan fingerprint density at radius 3 is 1.96 bits per heavy atom. The molecule has 154 valence electrons. The zero-order valence-electron chi connectivity index (χ0n) is 17.4. The fourth-order valence-corrected chi connectivity index (χ4v) is 2.17. The molecule has 0 unspecified atom stereocenters. The van der Waals surface area contributed by atoms with E-state index < -0.39 is 0 Å². The van der Waals surface area contributed by atoms with Gasteiger partial charge in [-0.3, -0.25) is 4.79 Å². The van der Waals surface area contributed by atoms with Crippen molar-refractivity contribution in [1.29, 1.82) is 0 Å². The Hall–Kier alpha value is -0.650. The van der Waals surface area contributed by atoms with Crippen LogP contribution in [0, 0.1) is 5.92 Å². The molecule has 0 saturated heterocycles. The molecule has 1 N–H and O–H groups in total. The molecular weight excluding hydrogens is 318 g/mol. The van der Waals surface area contributed by atoms with Gasteiger partial charge in [-0.2, -0.15) is 0 Å². The van der Waals surface area contributed by atoms with Crippen LogP contribution in [0.3, 0.4) is 0 Å². The first-order chi connectivity index (χ1) is 12.2. The maximum absolute atomic E-state index is 11.1. The van der Waals surface area contributed by atoms with Gasteiger partial charge in [-0.25, -0.2) is 0 Å². The summed E-state index contributed by atoms with van der Waals surface area (Å²) >= 11 is 0. The summed E-state index contributed by atoms with van der Waals surface area (Å²) in [6, 6.07) is 0. The summed E-state index contributed by atoms with van der Waals surface area (Å²) in [6.07, 6.45) is 8.11. The first-order valence-electron chi connectivity index (χ1n) is 10.1. The van der Waals surface area contributed by atoms with Crippen molar-refractivity contribution in [1.82, 2.24) is 5.32 Å². The third kappa shape index (κ3) is 25.7. The fraction of sp³-hybridized carbons (Fsp3) is 0.950. The summed E-state index contributed by atoms with van der Waals surface area (Å²) in [4.78, 5) is 11.1. The molecule has 0 bridgehead atoms. The maximum atomic E-state index is 11.1. The Bertz CT molecular complexity index is 266. The normalized spacial score (nSPS) is 10.5. The number of unbranched alkanes of at least 4 members (excludes halogenated alkanes) is 4. The zero-order chi connectivity index (χ0) is 19.2. The number of nitrogens with one attached hydrogen (secondary N) is 1. The first kappa shape index (κ1) is 26.6. The molecule has 0 heterocycles. The Labute approximate surface area is 157 Å². The lowest BCUT2D eigenvalue weighted by Gasteiger charge is -2.07. The van der Waals surface area contributed by atoms with Gasteiger partial charge in [0.15, 0.2) is 0 Å². The molecule has 0 radical (unpaired) electrons. The summed E-state index contributed by atoms with van der Waals surface area (Å²) in [6.45, 7) is 12.4. The Kier molecular flexibility index (Phi) is 24.8. The van der Waals surface area contributed by atoms with E-state index in [1.54, 1.807) is 0 Å². The van der Waals surface area contributed by atoms with Gasteiger partial charge >= 0.3 is 0 Å². The fourth-order valence-electron chi connectivity index (χ4n) is 2.17. The van der Waals surface area contributed by atoms with Crippen molar-refractivity contribution in [3.05, 3.63) is 0 Å². The molecule has 0 aliphatic heterocycles. The molecule has 0 fully saturated rings. The lowest BCUT2D eigenvalue weighted by molar-refractivity contribution is -0.124. The van der Waals surface area contributed by atoms with Crippen LogP contribution in [0.4, 0.5) is 0 Å². The summed E-state index contributed by atoms with van der Waals surface area (Å²) in [5.41, 5.74) is 0. The second-order valence-electron chi connectivity index (χ2n) is 6.31. The lowest BCUT2D eigenvalue weighted by Crippen LogP contribution is -2.27. The van der Waals surface area contributed by atoms with E-state index in [0.717, 1.165) is 44.8 Å². The minimum absolute atomic E-state index is 0. The van der Waals surface area contributed by atoms with Crippen molar-refractivity contribution in [2.75, 3.05) is 46.7 Å². The average molecular weight is 364 g/mol. The third-order valence-electron chi connectivity index (χ3n) is 3.51. The highest BCUT2D eigenvalue weighted by Gasteiger charge is 1.98. The summed E-state index contributed by atoms with van der Waals surface area (Å²) in [5.74, 6) is 0.760. The molecule has 0 aromatic carbocycles. The van der Waals surface area contributed by atoms with E-state index in [9.17, 15) is 4.79 Å². The van der Waals surface area contributed by atoms with Gasteiger partial charge in [-0.05, 0) is 31.6 Å². The van der Waals surface area contributed by atoms with Crippen molar-refractivity contribution in [3.8, 4) is 0 Å². The van der Waals surface area contributed by atoms with Crippen LogP contribution in [-0.2, 0) is 19.0 Å². The van der Waals surface area contributed by atoms with Gasteiger partial charge in [0.1, 0.15) is 6.61 Å². The molecule has 5 heteroatoms. The highest BCUT2D eigenvalue weighted by Crippen LogP contribution is 2.07. The zero-order valence-corrected chi connectivity index (χ0v) is 17.4. The van der Waals surface area contributed by atoms with Crippen molar-refractivity contribution in [2.45, 2.75) is 72.6 Å². The molecule has 0 aliphatic rings. The van der Waals surface area contributed by atoms with E-state index in [-0.39, 0.29) is 13.9 Å². The van der Waals surface area contributed by atoms with Crippen LogP contribution in [0.5, 0.6) is 0 Å². The van der Waals surface area contributed by atoms with Crippen LogP contribution in [-0.4, -0.2) is 52.6 Å². The standard InChI is InChI=1S/C18H37NO4.C2H6.H2/c1-17(2)10-6-4-8-12-22-14-15-23-13-9-5-7-11-19-18(20)16-21-3;1-2;/h17H,4-16H2,1-3H3,(H,19,20);1-2H3;1H. The Morgan fingerprint density at radius 2 is 1.44 bits per heavy atom. The van der Waals surface area contributed by atoms with Crippen molar-refractivity contribution in [3.63, 3.8) is 0 Å². The number of methoxy groups -OCH3 is 1. The predicted octanol–water partition coefficient (Wildman–Crippen LogP) is 4.44. The van der Waals surface area contributed by atoms with Gasteiger partial charge in [-0.1, -0.05) is 47.0 Å². The number of ether oxygens (including phenoxy) is 3. The summed E-state index contributed by atoms with van der Waals surface area (Å²) in [5, 5.41) is 2.80. The number of carbonyl (C=O) groups is 1. The van der Waals surface area contributed by atoms with Crippen LogP contribution in [0.25, 0.3) is 0 Å². The minimum Gasteiger partial charge on any atom is -0.379 e. The van der Waals surface area contributed by atoms with Gasteiger partial charge in [0.05, 0.1) is 13.2 Å². The molecule has 0 atom stereocenters. The molecule has 0 saturated carbocycles. The molecular formula is C20H45NO4. The molecule has 0 aromatic rings. The molecule has 1 amide bonds. The van der Waals surface area contributed by atoms with E-state index in [1.165, 1.54) is 26.4 Å². The van der Waals surface area contributed by atoms with Gasteiger partial charge in [0, 0.05) is 28.3 Å². The largest absolute Gasteiger partial charge is 0.379 e. The summed E-state index contributed by atoms with van der Waals surface area (Å²) < 4.78 is 15.8. The molecule has 5 nitrogen and oxygen atoms in total. The second-order valence-corrected chi connectivity index (χ2v) is 6.31. The second kappa shape index (κ2) is 23.4. The highest BCUT2D eigenvalue weighted by atomic mass is 16.5. The van der Waals surface area contributed by atoms with E-state index >= 15 is 0 Å². The summed E-state index contributed by atoms with van der Waals surface area (Å²) in [7, 11) is 1.52. The average Bonchev–Trinajstić information content (AvgIpc) is 2.60. The quantitative estimate of drug-likeness (QED) is 0.388. The van der Waals surface area contributed by atoms with Gasteiger partial charge in [-0.15, -0.1) is 0 Å². The van der Waals surface area contributed by atoms with Crippen LogP contribution < -0.4 is 5.32 Å². The molecule has 0 rings (SSSR count). The van der Waals surface area contributed by atoms with E-state index in [0.29, 0.717) is 19.8 Å². The topological polar surface area (TPSA) is 56.8 Å². The van der Waals surface area contributed by atoms with E-state index in [2.05, 4.69) is 19.2 Å². The predicted molar refractivity (Wildman–Crippen MR) is 107 cm³/mol. The first-order valence-corrected chi connectivity index (χ1v) is 10.1. The van der Waals surface area contributed by atoms with E-state index in [4.69, 9.17) is 14.2 Å². The number of amides is 1. The van der Waals surface area contributed by atoms with Crippen LogP contribution in [0.1, 0.15) is 74.1 Å². The third-order valence-corrected chi connectivity index (χ3v) is 3.51. The number of hydrogen-bond donors (Lipinski definition) is 1. The van der Waals surface area contributed by atoms with Crippen molar-refractivity contribution >= 4 is 5.91 Å². The van der Waals surface area contributed by atoms with Gasteiger partial charge in [0.2, 0.25) is 5.91 Å². The molecule has 0 spiro atoms. The SMILES string of the molecule is CC.COCC(=O)NCCCCCOCCOCCCCCC(C)C.[HH]. The van der Waals surface area contributed by atoms with Crippen molar-refractivity contribution < 1.29 is 20.4 Å². The number of hydrogen-bond acceptors (Lipinski definition) is 4. The van der Waals surface area contributed by atoms with Crippen LogP contribution in [0.15, 0.2) is 0 Å². The highest BCUT2D eigenvalue weighted by molar-refractivity contribution is 5.77. The van der Waals surface area contributed by atoms with Gasteiger partial charge in [0.25, 0.3) is 0 Å². The van der Waals surface area contributed by atoms with Crippen LogP contribution >= 0.6 is 0 Å². The smallest absolute Gasteiger partial charge is 0.245 e. The lowest BCUT2D eigenvalue weighted by atomic mass is 10.1.